The van der Waals surface area contributed by atoms with Gasteiger partial charge in [-0.15, -0.1) is 0 Å². The van der Waals surface area contributed by atoms with Gasteiger partial charge in [-0.2, -0.15) is 4.57 Å². The van der Waals surface area contributed by atoms with E-state index in [1.165, 1.54) is 0 Å². The quantitative estimate of drug-likeness (QED) is 0.682. The van der Waals surface area contributed by atoms with Gasteiger partial charge in [0.2, 0.25) is 5.58 Å². The molecular formula is C19H21N2O+. The Morgan fingerprint density at radius 3 is 2.41 bits per heavy atom. The number of para-hydroxylation sites is 2. The largest absolute Gasteiger partial charge is 0.398 e. The van der Waals surface area contributed by atoms with Gasteiger partial charge < -0.3 is 9.32 Å². The number of nitrogens with zero attached hydrogens (tertiary/aromatic N) is 2. The lowest BCUT2D eigenvalue weighted by Gasteiger charge is -2.12. The number of fused-ring (bicyclic) bond motifs is 1. The summed E-state index contributed by atoms with van der Waals surface area (Å²) in [6.07, 6.45) is 2.16. The molecule has 0 aliphatic carbocycles. The van der Waals surface area contributed by atoms with Crippen molar-refractivity contribution in [1.29, 1.82) is 0 Å². The van der Waals surface area contributed by atoms with E-state index in [1.807, 2.05) is 50.5 Å². The maximum atomic E-state index is 6.14. The molecule has 22 heavy (non-hydrogen) atoms. The zero-order valence-corrected chi connectivity index (χ0v) is 13.3. The molecule has 2 aromatic carbocycles. The van der Waals surface area contributed by atoms with Crippen LogP contribution in [0.1, 0.15) is 18.4 Å². The summed E-state index contributed by atoms with van der Waals surface area (Å²) in [4.78, 5) is 2.09. The zero-order chi connectivity index (χ0) is 15.5. The van der Waals surface area contributed by atoms with Gasteiger partial charge in [0.25, 0.3) is 5.52 Å². The Labute approximate surface area is 131 Å². The maximum absolute atomic E-state index is 6.14. The van der Waals surface area contributed by atoms with Crippen LogP contribution in [0.3, 0.4) is 0 Å². The average molecular weight is 293 g/mol. The van der Waals surface area contributed by atoms with Crippen molar-refractivity contribution in [3.05, 3.63) is 66.1 Å². The fourth-order valence-corrected chi connectivity index (χ4v) is 2.63. The van der Waals surface area contributed by atoms with Crippen molar-refractivity contribution in [3.63, 3.8) is 0 Å². The summed E-state index contributed by atoms with van der Waals surface area (Å²) in [7, 11) is 4.09. The molecule has 0 saturated carbocycles. The summed E-state index contributed by atoms with van der Waals surface area (Å²) in [5.41, 5.74) is 4.26. The van der Waals surface area contributed by atoms with Crippen LogP contribution < -0.4 is 4.57 Å². The second-order valence-electron chi connectivity index (χ2n) is 5.45. The van der Waals surface area contributed by atoms with Crippen LogP contribution in [-0.2, 0) is 6.54 Å². The predicted octanol–water partition coefficient (Wildman–Crippen LogP) is 3.80. The molecule has 3 heteroatoms. The van der Waals surface area contributed by atoms with Crippen LogP contribution in [0.4, 0.5) is 0 Å². The molecule has 0 N–H and O–H groups in total. The van der Waals surface area contributed by atoms with Crippen molar-refractivity contribution >= 4 is 22.9 Å². The molecule has 112 valence electrons. The highest BCUT2D eigenvalue weighted by Gasteiger charge is 2.25. The lowest BCUT2D eigenvalue weighted by atomic mass is 10.2. The molecule has 0 fully saturated rings. The molecule has 3 nitrogen and oxygen atoms in total. The molecule has 1 aromatic heterocycles. The summed E-state index contributed by atoms with van der Waals surface area (Å²) in [5, 5.41) is 0. The second kappa shape index (κ2) is 6.06. The molecule has 0 spiro atoms. The monoisotopic (exact) mass is 293 g/mol. The van der Waals surface area contributed by atoms with Crippen LogP contribution in [-0.4, -0.2) is 19.0 Å². The first kappa shape index (κ1) is 14.4. The summed E-state index contributed by atoms with van der Waals surface area (Å²) < 4.78 is 8.35. The molecule has 1 heterocycles. The van der Waals surface area contributed by atoms with E-state index in [4.69, 9.17) is 4.42 Å². The van der Waals surface area contributed by atoms with E-state index in [9.17, 15) is 0 Å². The lowest BCUT2D eigenvalue weighted by Crippen LogP contribution is -2.36. The van der Waals surface area contributed by atoms with Crippen LogP contribution >= 0.6 is 0 Å². The summed E-state index contributed by atoms with van der Waals surface area (Å²) in [6, 6.07) is 18.5. The molecule has 0 saturated heterocycles. The van der Waals surface area contributed by atoms with Crippen LogP contribution in [0.25, 0.3) is 22.9 Å². The summed E-state index contributed by atoms with van der Waals surface area (Å²) >= 11 is 0. The molecular weight excluding hydrogens is 272 g/mol. The number of oxazole rings is 1. The maximum Gasteiger partial charge on any atom is 0.398 e. The number of rotatable bonds is 4. The topological polar surface area (TPSA) is 20.3 Å². The standard InChI is InChI=1S/C19H21N2O/c1-4-21-16-12-8-9-13-18(16)22-19(21)17(20(2)3)14-15-10-6-5-7-11-15/h5-14H,4H2,1-3H3/q+1. The normalized spacial score (nSPS) is 11.9. The smallest absolute Gasteiger partial charge is 0.396 e. The van der Waals surface area contributed by atoms with E-state index in [0.29, 0.717) is 0 Å². The van der Waals surface area contributed by atoms with Crippen LogP contribution in [0.15, 0.2) is 59.0 Å². The van der Waals surface area contributed by atoms with Crippen molar-refractivity contribution in [3.8, 4) is 0 Å². The van der Waals surface area contributed by atoms with E-state index in [1.54, 1.807) is 0 Å². The molecule has 0 bridgehead atoms. The van der Waals surface area contributed by atoms with Gasteiger partial charge in [-0.05, 0) is 24.6 Å². The first-order valence-corrected chi connectivity index (χ1v) is 7.56. The van der Waals surface area contributed by atoms with Crippen molar-refractivity contribution in [2.75, 3.05) is 14.1 Å². The van der Waals surface area contributed by atoms with E-state index in [-0.39, 0.29) is 0 Å². The highest BCUT2D eigenvalue weighted by molar-refractivity contribution is 5.78. The Balaban J connectivity index is 2.19. The molecule has 0 aliphatic heterocycles. The predicted molar refractivity (Wildman–Crippen MR) is 90.1 cm³/mol. The number of hydrogen-bond donors (Lipinski definition) is 0. The number of aromatic nitrogens is 1. The average Bonchev–Trinajstić information content (AvgIpc) is 2.91. The Bertz CT molecular complexity index is 801. The van der Waals surface area contributed by atoms with Crippen molar-refractivity contribution in [1.82, 2.24) is 4.90 Å². The molecule has 0 aliphatic rings. The number of hydrogen-bond acceptors (Lipinski definition) is 2. The minimum absolute atomic E-state index is 0.867. The van der Waals surface area contributed by atoms with Gasteiger partial charge in [0.15, 0.2) is 5.70 Å². The van der Waals surface area contributed by atoms with Crippen molar-refractivity contribution in [2.45, 2.75) is 13.5 Å². The highest BCUT2D eigenvalue weighted by atomic mass is 16.4. The highest BCUT2D eigenvalue weighted by Crippen LogP contribution is 2.23. The van der Waals surface area contributed by atoms with Gasteiger partial charge >= 0.3 is 5.89 Å². The fraction of sp³-hybridized carbons (Fsp3) is 0.211. The fourth-order valence-electron chi connectivity index (χ4n) is 2.63. The first-order valence-electron chi connectivity index (χ1n) is 7.56. The molecule has 0 atom stereocenters. The number of benzene rings is 2. The third-order valence-electron chi connectivity index (χ3n) is 3.73. The van der Waals surface area contributed by atoms with Gasteiger partial charge in [-0.3, -0.25) is 0 Å². The van der Waals surface area contributed by atoms with E-state index in [2.05, 4.69) is 40.7 Å². The van der Waals surface area contributed by atoms with E-state index < -0.39 is 0 Å². The van der Waals surface area contributed by atoms with Crippen LogP contribution in [0.2, 0.25) is 0 Å². The van der Waals surface area contributed by atoms with Crippen molar-refractivity contribution in [2.24, 2.45) is 0 Å². The summed E-state index contributed by atoms with van der Waals surface area (Å²) in [5.74, 6) is 0.887. The molecule has 0 radical (unpaired) electrons. The van der Waals surface area contributed by atoms with E-state index >= 15 is 0 Å². The Hall–Kier alpha value is -2.55. The summed E-state index contributed by atoms with van der Waals surface area (Å²) in [6.45, 7) is 3.01. The van der Waals surface area contributed by atoms with E-state index in [0.717, 1.165) is 34.8 Å². The molecule has 0 amide bonds. The van der Waals surface area contributed by atoms with Gasteiger partial charge in [0.05, 0.1) is 0 Å². The van der Waals surface area contributed by atoms with Gasteiger partial charge in [0.1, 0.15) is 6.54 Å². The Morgan fingerprint density at radius 1 is 1.05 bits per heavy atom. The molecule has 3 aromatic rings. The molecule has 0 unspecified atom stereocenters. The van der Waals surface area contributed by atoms with Gasteiger partial charge in [-0.25, -0.2) is 0 Å². The first-order chi connectivity index (χ1) is 10.7. The molecule has 3 rings (SSSR count). The lowest BCUT2D eigenvalue weighted by molar-refractivity contribution is -0.675. The SMILES string of the molecule is CC[n+]1c(C(=Cc2ccccc2)N(C)C)oc2ccccc21. The van der Waals surface area contributed by atoms with Crippen LogP contribution in [0, 0.1) is 0 Å². The van der Waals surface area contributed by atoms with Crippen LogP contribution in [0.5, 0.6) is 0 Å². The minimum Gasteiger partial charge on any atom is -0.396 e. The third-order valence-corrected chi connectivity index (χ3v) is 3.73. The minimum atomic E-state index is 0.867. The second-order valence-corrected chi connectivity index (χ2v) is 5.45. The zero-order valence-electron chi connectivity index (χ0n) is 13.3. The Morgan fingerprint density at radius 2 is 1.73 bits per heavy atom. The van der Waals surface area contributed by atoms with Crippen molar-refractivity contribution < 1.29 is 8.98 Å². The Kier molecular flexibility index (Phi) is 3.96. The third kappa shape index (κ3) is 2.62. The number of aryl methyl sites for hydroxylation is 1. The van der Waals surface area contributed by atoms with Gasteiger partial charge in [-0.1, -0.05) is 42.5 Å². The van der Waals surface area contributed by atoms with Gasteiger partial charge in [0, 0.05) is 20.2 Å².